The third kappa shape index (κ3) is 2.73. The van der Waals surface area contributed by atoms with Crippen molar-refractivity contribution in [3.05, 3.63) is 94.5 Å². The minimum absolute atomic E-state index is 0.0391. The molecule has 2 amide bonds. The molecule has 7 rings (SSSR count). The molecule has 4 atom stereocenters. The molecule has 4 heterocycles. The molecule has 1 spiro atoms. The Bertz CT molecular complexity index is 1730. The molecule has 3 aliphatic rings. The number of nitrogens with zero attached hydrogens (tertiary/aromatic N) is 3. The summed E-state index contributed by atoms with van der Waals surface area (Å²) in [6.07, 6.45) is 0. The standard InChI is InChI=1S/C30H26N4O4/c1-16(2)25-23-24(28(37)33(27(23)36)17-9-8-10-18(15-17)38-3)30(32-25)20-12-5-7-14-22(20)34-26(35)19-11-4-6-13-21(19)31-29(30)34/h4-16,23-25,32H,1-3H3. The third-order valence-corrected chi connectivity index (χ3v) is 8.33. The van der Waals surface area contributed by atoms with Crippen LogP contribution in [0.2, 0.25) is 0 Å². The van der Waals surface area contributed by atoms with Gasteiger partial charge in [-0.1, -0.05) is 50.2 Å². The molecule has 8 nitrogen and oxygen atoms in total. The van der Waals surface area contributed by atoms with Crippen LogP contribution in [0.25, 0.3) is 16.6 Å². The van der Waals surface area contributed by atoms with Gasteiger partial charge in [0.05, 0.1) is 41.2 Å². The van der Waals surface area contributed by atoms with Crippen LogP contribution in [-0.4, -0.2) is 34.5 Å². The van der Waals surface area contributed by atoms with E-state index in [1.54, 1.807) is 42.0 Å². The van der Waals surface area contributed by atoms with Crippen molar-refractivity contribution in [3.63, 3.8) is 0 Å². The number of benzene rings is 3. The van der Waals surface area contributed by atoms with Crippen molar-refractivity contribution in [2.45, 2.75) is 25.4 Å². The second-order valence-electron chi connectivity index (χ2n) is 10.5. The zero-order valence-corrected chi connectivity index (χ0v) is 21.2. The summed E-state index contributed by atoms with van der Waals surface area (Å²) < 4.78 is 6.99. The number of ether oxygens (including phenoxy) is 1. The Morgan fingerprint density at radius 2 is 1.71 bits per heavy atom. The maximum atomic E-state index is 14.4. The molecule has 2 saturated heterocycles. The van der Waals surface area contributed by atoms with E-state index < -0.39 is 17.4 Å². The number of hydrogen-bond donors (Lipinski definition) is 1. The minimum Gasteiger partial charge on any atom is -0.497 e. The number of carbonyl (C=O) groups excluding carboxylic acids is 2. The molecule has 1 aromatic heterocycles. The highest BCUT2D eigenvalue weighted by Gasteiger charge is 2.70. The zero-order valence-electron chi connectivity index (χ0n) is 21.2. The van der Waals surface area contributed by atoms with Gasteiger partial charge in [0.15, 0.2) is 0 Å². The van der Waals surface area contributed by atoms with Crippen LogP contribution in [0.3, 0.4) is 0 Å². The Morgan fingerprint density at radius 3 is 2.50 bits per heavy atom. The first-order valence-electron chi connectivity index (χ1n) is 12.8. The molecular formula is C30H26N4O4. The summed E-state index contributed by atoms with van der Waals surface area (Å²) in [5, 5.41) is 4.22. The van der Waals surface area contributed by atoms with E-state index in [4.69, 9.17) is 9.72 Å². The lowest BCUT2D eigenvalue weighted by Gasteiger charge is -2.32. The minimum atomic E-state index is -1.14. The highest BCUT2D eigenvalue weighted by molar-refractivity contribution is 6.23. The van der Waals surface area contributed by atoms with E-state index in [0.717, 1.165) is 5.56 Å². The summed E-state index contributed by atoms with van der Waals surface area (Å²) in [4.78, 5) is 48.6. The molecule has 3 aromatic carbocycles. The summed E-state index contributed by atoms with van der Waals surface area (Å²) in [5.41, 5.74) is 1.17. The lowest BCUT2D eigenvalue weighted by molar-refractivity contribution is -0.123. The fourth-order valence-electron chi connectivity index (χ4n) is 6.73. The van der Waals surface area contributed by atoms with Crippen LogP contribution in [-0.2, 0) is 15.1 Å². The maximum absolute atomic E-state index is 14.4. The third-order valence-electron chi connectivity index (χ3n) is 8.33. The van der Waals surface area contributed by atoms with Crippen molar-refractivity contribution < 1.29 is 14.3 Å². The number of aromatic nitrogens is 2. The zero-order chi connectivity index (χ0) is 26.3. The first-order chi connectivity index (χ1) is 18.4. The molecule has 0 aliphatic carbocycles. The highest BCUT2D eigenvalue weighted by atomic mass is 16.5. The number of fused-ring (bicyclic) bond motifs is 8. The number of imide groups is 1. The number of nitrogens with one attached hydrogen (secondary N) is 1. The summed E-state index contributed by atoms with van der Waals surface area (Å²) in [5.74, 6) is -0.922. The number of methoxy groups -OCH3 is 1. The smallest absolute Gasteiger partial charge is 0.266 e. The van der Waals surface area contributed by atoms with Gasteiger partial charge in [0.2, 0.25) is 11.8 Å². The molecule has 4 unspecified atom stereocenters. The first-order valence-corrected chi connectivity index (χ1v) is 12.8. The van der Waals surface area contributed by atoms with Gasteiger partial charge < -0.3 is 4.74 Å². The molecule has 0 saturated carbocycles. The van der Waals surface area contributed by atoms with Gasteiger partial charge in [-0.3, -0.25) is 24.3 Å². The van der Waals surface area contributed by atoms with E-state index in [1.165, 1.54) is 4.90 Å². The van der Waals surface area contributed by atoms with E-state index in [9.17, 15) is 14.4 Å². The van der Waals surface area contributed by atoms with Crippen LogP contribution in [0.4, 0.5) is 5.69 Å². The Hall–Kier alpha value is -4.30. The van der Waals surface area contributed by atoms with Crippen LogP contribution in [0.5, 0.6) is 5.75 Å². The molecule has 38 heavy (non-hydrogen) atoms. The molecule has 0 radical (unpaired) electrons. The Balaban J connectivity index is 1.52. The van der Waals surface area contributed by atoms with E-state index >= 15 is 0 Å². The number of hydrogen-bond acceptors (Lipinski definition) is 6. The van der Waals surface area contributed by atoms with Crippen LogP contribution in [0.1, 0.15) is 25.2 Å². The van der Waals surface area contributed by atoms with Gasteiger partial charge >= 0.3 is 0 Å². The maximum Gasteiger partial charge on any atom is 0.266 e. The monoisotopic (exact) mass is 506 g/mol. The van der Waals surface area contributed by atoms with E-state index in [1.807, 2.05) is 56.3 Å². The van der Waals surface area contributed by atoms with Gasteiger partial charge in [0.1, 0.15) is 17.1 Å². The Morgan fingerprint density at radius 1 is 0.947 bits per heavy atom. The van der Waals surface area contributed by atoms with Gasteiger partial charge in [0, 0.05) is 17.7 Å². The van der Waals surface area contributed by atoms with Crippen LogP contribution < -0.4 is 20.5 Å². The lowest BCUT2D eigenvalue weighted by atomic mass is 9.75. The number of para-hydroxylation sites is 2. The van der Waals surface area contributed by atoms with Gasteiger partial charge in [0.25, 0.3) is 5.56 Å². The number of amides is 2. The predicted molar refractivity (Wildman–Crippen MR) is 142 cm³/mol. The average molecular weight is 507 g/mol. The van der Waals surface area contributed by atoms with Crippen LogP contribution >= 0.6 is 0 Å². The fourth-order valence-corrected chi connectivity index (χ4v) is 6.73. The Kier molecular flexibility index (Phi) is 4.72. The molecule has 8 heteroatoms. The summed E-state index contributed by atoms with van der Waals surface area (Å²) in [6.45, 7) is 4.09. The SMILES string of the molecule is COc1cccc(N2C(=O)C3C(C(C)C)NC4(c5ccccc5-n5c4nc4ccccc4c5=O)C3C2=O)c1. The van der Waals surface area contributed by atoms with Crippen molar-refractivity contribution in [3.8, 4) is 11.4 Å². The second kappa shape index (κ2) is 7.85. The fraction of sp³-hybridized carbons (Fsp3) is 0.267. The van der Waals surface area contributed by atoms with Crippen molar-refractivity contribution in [2.24, 2.45) is 17.8 Å². The van der Waals surface area contributed by atoms with Crippen molar-refractivity contribution in [1.29, 1.82) is 0 Å². The van der Waals surface area contributed by atoms with Crippen LogP contribution in [0, 0.1) is 17.8 Å². The van der Waals surface area contributed by atoms with Crippen molar-refractivity contribution in [2.75, 3.05) is 12.0 Å². The molecule has 4 aromatic rings. The van der Waals surface area contributed by atoms with E-state index in [0.29, 0.717) is 33.9 Å². The summed E-state index contributed by atoms with van der Waals surface area (Å²) >= 11 is 0. The second-order valence-corrected chi connectivity index (χ2v) is 10.5. The average Bonchev–Trinajstić information content (AvgIpc) is 3.52. The molecular weight excluding hydrogens is 480 g/mol. The van der Waals surface area contributed by atoms with Crippen LogP contribution in [0.15, 0.2) is 77.6 Å². The molecule has 0 bridgehead atoms. The Labute approximate surface area is 218 Å². The number of carbonyl (C=O) groups is 2. The molecule has 1 N–H and O–H groups in total. The topological polar surface area (TPSA) is 93.5 Å². The van der Waals surface area contributed by atoms with Crippen molar-refractivity contribution in [1.82, 2.24) is 14.9 Å². The quantitative estimate of drug-likeness (QED) is 0.428. The van der Waals surface area contributed by atoms with Gasteiger partial charge in [-0.15, -0.1) is 0 Å². The largest absolute Gasteiger partial charge is 0.497 e. The molecule has 3 aliphatic heterocycles. The highest BCUT2D eigenvalue weighted by Crippen LogP contribution is 2.56. The normalized spacial score (nSPS) is 25.4. The number of anilines is 1. The molecule has 190 valence electrons. The summed E-state index contributed by atoms with van der Waals surface area (Å²) in [7, 11) is 1.55. The van der Waals surface area contributed by atoms with Gasteiger partial charge in [-0.2, -0.15) is 0 Å². The first kappa shape index (κ1) is 22.9. The van der Waals surface area contributed by atoms with E-state index in [-0.39, 0.29) is 29.3 Å². The predicted octanol–water partition coefficient (Wildman–Crippen LogP) is 3.38. The lowest BCUT2D eigenvalue weighted by Crippen LogP contribution is -2.51. The van der Waals surface area contributed by atoms with E-state index in [2.05, 4.69) is 5.32 Å². The summed E-state index contributed by atoms with van der Waals surface area (Å²) in [6, 6.07) is 21.5. The van der Waals surface area contributed by atoms with Crippen molar-refractivity contribution >= 4 is 28.4 Å². The number of rotatable bonds is 3. The van der Waals surface area contributed by atoms with Gasteiger partial charge in [-0.05, 0) is 36.2 Å². The van der Waals surface area contributed by atoms with Gasteiger partial charge in [-0.25, -0.2) is 9.88 Å². The molecule has 2 fully saturated rings.